The third-order valence-corrected chi connectivity index (χ3v) is 12.3. The molecular formula is C59H37N3. The van der Waals surface area contributed by atoms with Crippen molar-refractivity contribution in [2.45, 2.75) is 0 Å². The fourth-order valence-electron chi connectivity index (χ4n) is 9.55. The Bertz CT molecular complexity index is 3380. The predicted molar refractivity (Wildman–Crippen MR) is 257 cm³/mol. The summed E-state index contributed by atoms with van der Waals surface area (Å²) in [5.74, 6) is 0.686. The van der Waals surface area contributed by atoms with E-state index in [-0.39, 0.29) is 0 Å². The van der Waals surface area contributed by atoms with Crippen LogP contribution in [0.2, 0.25) is 0 Å². The Kier molecular flexibility index (Phi) is 8.50. The molecule has 62 heavy (non-hydrogen) atoms. The maximum Gasteiger partial charge on any atom is 0.160 e. The van der Waals surface area contributed by atoms with Gasteiger partial charge in [-0.1, -0.05) is 188 Å². The highest BCUT2D eigenvalue weighted by Gasteiger charge is 2.31. The van der Waals surface area contributed by atoms with Gasteiger partial charge in [-0.2, -0.15) is 0 Å². The number of rotatable bonds is 7. The minimum Gasteiger partial charge on any atom is -0.265 e. The van der Waals surface area contributed by atoms with Gasteiger partial charge in [0.2, 0.25) is 0 Å². The van der Waals surface area contributed by atoms with Crippen molar-refractivity contribution in [2.75, 3.05) is 0 Å². The molecule has 3 nitrogen and oxygen atoms in total. The molecule has 0 bridgehead atoms. The fraction of sp³-hybridized carbons (Fsp3) is 0. The maximum absolute atomic E-state index is 5.21. The third kappa shape index (κ3) is 5.94. The molecule has 288 valence electrons. The van der Waals surface area contributed by atoms with Crippen LogP contribution in [-0.2, 0) is 0 Å². The lowest BCUT2D eigenvalue weighted by atomic mass is 9.82. The monoisotopic (exact) mass is 787 g/mol. The molecule has 0 unspecified atom stereocenters. The highest BCUT2D eigenvalue weighted by molar-refractivity contribution is 6.28. The lowest BCUT2D eigenvalue weighted by molar-refractivity contribution is 1.18. The zero-order chi connectivity index (χ0) is 41.0. The Morgan fingerprint density at radius 2 is 0.726 bits per heavy atom. The summed E-state index contributed by atoms with van der Waals surface area (Å²) in [5.41, 5.74) is 19.6. The Balaban J connectivity index is 1.00. The first-order valence-electron chi connectivity index (χ1n) is 21.1. The van der Waals surface area contributed by atoms with Crippen molar-refractivity contribution in [3.8, 4) is 101 Å². The first kappa shape index (κ1) is 35.7. The van der Waals surface area contributed by atoms with E-state index in [4.69, 9.17) is 9.97 Å². The second-order valence-corrected chi connectivity index (χ2v) is 15.9. The summed E-state index contributed by atoms with van der Waals surface area (Å²) in [6, 6.07) is 76.2. The first-order valence-corrected chi connectivity index (χ1v) is 21.1. The Labute approximate surface area is 360 Å². The Morgan fingerprint density at radius 1 is 0.258 bits per heavy atom. The molecule has 2 heterocycles. The number of pyridine rings is 1. The Morgan fingerprint density at radius 3 is 1.35 bits per heavy atom. The van der Waals surface area contributed by atoms with E-state index < -0.39 is 0 Å². The van der Waals surface area contributed by atoms with Gasteiger partial charge < -0.3 is 0 Å². The van der Waals surface area contributed by atoms with Crippen molar-refractivity contribution in [1.29, 1.82) is 0 Å². The quantitative estimate of drug-likeness (QED) is 0.161. The number of aromatic nitrogens is 3. The molecule has 9 aromatic carbocycles. The largest absolute Gasteiger partial charge is 0.265 e. The molecule has 0 radical (unpaired) electrons. The van der Waals surface area contributed by atoms with E-state index in [2.05, 4.69) is 199 Å². The average Bonchev–Trinajstić information content (AvgIpc) is 3.69. The summed E-state index contributed by atoms with van der Waals surface area (Å²) in [7, 11) is 0. The standard InChI is InChI=1S/C59H37N3/c1-4-14-40(15-5-1)52-37-53(62-59(61-52)45-21-12-20-44(36-45)38-32-34-60-35-33-38)41-28-26-39(27-29-41)46-30-31-51-56-47(46)24-13-25-50(56)57-54(42-16-6-2-7-17-42)48-22-10-11-23-49(48)55(58(51)57)43-18-8-3-9-19-43/h1-37H. The summed E-state index contributed by atoms with van der Waals surface area (Å²) in [6.45, 7) is 0. The molecule has 12 rings (SSSR count). The van der Waals surface area contributed by atoms with Gasteiger partial charge in [0.05, 0.1) is 11.4 Å². The van der Waals surface area contributed by atoms with E-state index >= 15 is 0 Å². The number of hydrogen-bond acceptors (Lipinski definition) is 3. The Hall–Kier alpha value is -8.27. The van der Waals surface area contributed by atoms with Crippen LogP contribution >= 0.6 is 0 Å². The van der Waals surface area contributed by atoms with Crippen LogP contribution < -0.4 is 0 Å². The molecular weight excluding hydrogens is 751 g/mol. The number of benzene rings is 9. The molecule has 11 aromatic rings. The van der Waals surface area contributed by atoms with Gasteiger partial charge in [0, 0.05) is 29.1 Å². The van der Waals surface area contributed by atoms with Crippen LogP contribution in [0, 0.1) is 0 Å². The summed E-state index contributed by atoms with van der Waals surface area (Å²) >= 11 is 0. The van der Waals surface area contributed by atoms with Crippen molar-refractivity contribution in [2.24, 2.45) is 0 Å². The van der Waals surface area contributed by atoms with Crippen molar-refractivity contribution in [3.63, 3.8) is 0 Å². The summed E-state index contributed by atoms with van der Waals surface area (Å²) in [5, 5.41) is 5.08. The molecule has 0 spiro atoms. The van der Waals surface area contributed by atoms with Crippen LogP contribution in [0.1, 0.15) is 0 Å². The maximum atomic E-state index is 5.21. The third-order valence-electron chi connectivity index (χ3n) is 12.3. The fourth-order valence-corrected chi connectivity index (χ4v) is 9.55. The minimum atomic E-state index is 0.686. The summed E-state index contributed by atoms with van der Waals surface area (Å²) in [4.78, 5) is 14.5. The molecule has 1 aliphatic carbocycles. The van der Waals surface area contributed by atoms with Crippen LogP contribution in [0.5, 0.6) is 0 Å². The van der Waals surface area contributed by atoms with Crippen LogP contribution in [0.25, 0.3) is 122 Å². The van der Waals surface area contributed by atoms with Crippen molar-refractivity contribution in [3.05, 3.63) is 225 Å². The normalized spacial score (nSPS) is 11.5. The molecule has 1 aliphatic rings. The second-order valence-electron chi connectivity index (χ2n) is 15.9. The average molecular weight is 788 g/mol. The zero-order valence-electron chi connectivity index (χ0n) is 33.7. The lowest BCUT2D eigenvalue weighted by Crippen LogP contribution is -1.96. The van der Waals surface area contributed by atoms with E-state index in [1.807, 2.05) is 30.6 Å². The van der Waals surface area contributed by atoms with Crippen LogP contribution in [-0.4, -0.2) is 15.0 Å². The van der Waals surface area contributed by atoms with E-state index in [1.165, 1.54) is 71.6 Å². The van der Waals surface area contributed by atoms with Gasteiger partial charge in [0.1, 0.15) is 0 Å². The van der Waals surface area contributed by atoms with E-state index in [9.17, 15) is 0 Å². The van der Waals surface area contributed by atoms with Crippen LogP contribution in [0.15, 0.2) is 225 Å². The molecule has 0 N–H and O–H groups in total. The topological polar surface area (TPSA) is 38.7 Å². The molecule has 0 amide bonds. The highest BCUT2D eigenvalue weighted by Crippen LogP contribution is 2.58. The molecule has 0 saturated carbocycles. The molecule has 3 heteroatoms. The van der Waals surface area contributed by atoms with Crippen molar-refractivity contribution >= 4 is 21.5 Å². The van der Waals surface area contributed by atoms with Gasteiger partial charge in [-0.05, 0) is 113 Å². The molecule has 0 atom stereocenters. The summed E-state index contributed by atoms with van der Waals surface area (Å²) < 4.78 is 0. The van der Waals surface area contributed by atoms with Gasteiger partial charge in [-0.15, -0.1) is 0 Å². The van der Waals surface area contributed by atoms with E-state index in [1.54, 1.807) is 0 Å². The number of fused-ring (bicyclic) bond motifs is 4. The minimum absolute atomic E-state index is 0.686. The molecule has 0 fully saturated rings. The number of nitrogens with zero attached hydrogens (tertiary/aromatic N) is 3. The lowest BCUT2D eigenvalue weighted by Gasteiger charge is -2.20. The highest BCUT2D eigenvalue weighted by atomic mass is 14.9. The predicted octanol–water partition coefficient (Wildman–Crippen LogP) is 15.5. The zero-order valence-corrected chi connectivity index (χ0v) is 33.7. The van der Waals surface area contributed by atoms with Gasteiger partial charge in [-0.25, -0.2) is 9.97 Å². The molecule has 2 aromatic heterocycles. The van der Waals surface area contributed by atoms with E-state index in [0.717, 1.165) is 44.8 Å². The van der Waals surface area contributed by atoms with Gasteiger partial charge in [-0.3, -0.25) is 4.98 Å². The van der Waals surface area contributed by atoms with Gasteiger partial charge in [0.15, 0.2) is 5.82 Å². The first-order chi connectivity index (χ1) is 30.8. The SMILES string of the molecule is c1ccc(-c2cc(-c3ccc(-c4ccc5c6c(cccc46)-c4c-5c(-c5ccccc5)c5ccccc5c4-c4ccccc4)cc3)nc(-c3cccc(-c4ccncc4)c3)n2)cc1. The smallest absolute Gasteiger partial charge is 0.160 e. The van der Waals surface area contributed by atoms with Crippen LogP contribution in [0.3, 0.4) is 0 Å². The van der Waals surface area contributed by atoms with E-state index in [0.29, 0.717) is 5.82 Å². The van der Waals surface area contributed by atoms with Gasteiger partial charge >= 0.3 is 0 Å². The number of hydrogen-bond donors (Lipinski definition) is 0. The van der Waals surface area contributed by atoms with Gasteiger partial charge in [0.25, 0.3) is 0 Å². The molecule has 0 aliphatic heterocycles. The van der Waals surface area contributed by atoms with Crippen LogP contribution in [0.4, 0.5) is 0 Å². The second kappa shape index (κ2) is 14.8. The van der Waals surface area contributed by atoms with Crippen molar-refractivity contribution < 1.29 is 0 Å². The van der Waals surface area contributed by atoms with Crippen molar-refractivity contribution in [1.82, 2.24) is 15.0 Å². The summed E-state index contributed by atoms with van der Waals surface area (Å²) in [6.07, 6.45) is 3.65. The molecule has 0 saturated heterocycles.